The number of halogens is 1. The Hall–Kier alpha value is -1.09. The molecule has 2 nitrogen and oxygen atoms in total. The number of benzene rings is 1. The van der Waals surface area contributed by atoms with Crippen molar-refractivity contribution in [3.8, 4) is 11.3 Å². The highest BCUT2D eigenvalue weighted by atomic mass is 79.9. The Morgan fingerprint density at radius 1 is 1.25 bits per heavy atom. The van der Waals surface area contributed by atoms with Gasteiger partial charge in [0.05, 0.1) is 0 Å². The summed E-state index contributed by atoms with van der Waals surface area (Å²) in [6.45, 7) is 1.97. The van der Waals surface area contributed by atoms with E-state index >= 15 is 0 Å². The molecule has 16 heavy (non-hydrogen) atoms. The van der Waals surface area contributed by atoms with Gasteiger partial charge in [0.15, 0.2) is 0 Å². The Bertz CT molecular complexity index is 543. The van der Waals surface area contributed by atoms with E-state index in [1.807, 2.05) is 6.92 Å². The van der Waals surface area contributed by atoms with Crippen molar-refractivity contribution in [1.29, 1.82) is 0 Å². The third-order valence-electron chi connectivity index (χ3n) is 3.15. The van der Waals surface area contributed by atoms with Crippen molar-refractivity contribution in [2.45, 2.75) is 26.2 Å². The molecule has 1 aromatic heterocycles. The summed E-state index contributed by atoms with van der Waals surface area (Å²) < 4.78 is 0.975. The van der Waals surface area contributed by atoms with Crippen LogP contribution in [0, 0.1) is 6.92 Å². The SMILES string of the molecule is Cc1nc(-c2ccc3c(c2)CCC3)c(Br)[nH]1. The van der Waals surface area contributed by atoms with Gasteiger partial charge in [0.2, 0.25) is 0 Å². The third kappa shape index (κ3) is 1.59. The number of aromatic nitrogens is 2. The van der Waals surface area contributed by atoms with Gasteiger partial charge in [0.25, 0.3) is 0 Å². The second-order valence-corrected chi connectivity index (χ2v) is 5.11. The van der Waals surface area contributed by atoms with Crippen LogP contribution >= 0.6 is 15.9 Å². The maximum absolute atomic E-state index is 4.50. The van der Waals surface area contributed by atoms with Gasteiger partial charge in [-0.3, -0.25) is 0 Å². The molecule has 0 fully saturated rings. The lowest BCUT2D eigenvalue weighted by molar-refractivity contribution is 0.912. The number of H-pyrrole nitrogens is 1. The van der Waals surface area contributed by atoms with Crippen LogP contribution < -0.4 is 0 Å². The zero-order chi connectivity index (χ0) is 11.1. The van der Waals surface area contributed by atoms with Gasteiger partial charge in [-0.05, 0) is 59.3 Å². The number of aromatic amines is 1. The second kappa shape index (κ2) is 3.74. The summed E-state index contributed by atoms with van der Waals surface area (Å²) in [6, 6.07) is 6.70. The van der Waals surface area contributed by atoms with Crippen molar-refractivity contribution in [3.05, 3.63) is 39.8 Å². The van der Waals surface area contributed by atoms with Crippen molar-refractivity contribution in [2.24, 2.45) is 0 Å². The molecule has 0 atom stereocenters. The van der Waals surface area contributed by atoms with Gasteiger partial charge in [-0.2, -0.15) is 0 Å². The highest BCUT2D eigenvalue weighted by Gasteiger charge is 2.14. The van der Waals surface area contributed by atoms with E-state index in [-0.39, 0.29) is 0 Å². The van der Waals surface area contributed by atoms with E-state index in [1.54, 1.807) is 0 Å². The lowest BCUT2D eigenvalue weighted by atomic mass is 10.0. The van der Waals surface area contributed by atoms with E-state index < -0.39 is 0 Å². The van der Waals surface area contributed by atoms with Gasteiger partial charge in [-0.1, -0.05) is 12.1 Å². The predicted octanol–water partition coefficient (Wildman–Crippen LogP) is 3.64. The predicted molar refractivity (Wildman–Crippen MR) is 68.5 cm³/mol. The average Bonchev–Trinajstić information content (AvgIpc) is 2.83. The molecular formula is C13H13BrN2. The van der Waals surface area contributed by atoms with E-state index in [0.717, 1.165) is 16.1 Å². The molecule has 0 amide bonds. The molecule has 0 radical (unpaired) electrons. The van der Waals surface area contributed by atoms with E-state index in [1.165, 1.54) is 36.0 Å². The van der Waals surface area contributed by atoms with Crippen LogP contribution in [0.15, 0.2) is 22.8 Å². The minimum Gasteiger partial charge on any atom is -0.336 e. The van der Waals surface area contributed by atoms with Crippen LogP contribution in [0.5, 0.6) is 0 Å². The lowest BCUT2D eigenvalue weighted by Gasteiger charge is -2.02. The molecule has 82 valence electrons. The molecule has 2 aromatic rings. The lowest BCUT2D eigenvalue weighted by Crippen LogP contribution is -1.85. The molecule has 0 bridgehead atoms. The summed E-state index contributed by atoms with van der Waals surface area (Å²) in [4.78, 5) is 7.68. The summed E-state index contributed by atoms with van der Waals surface area (Å²) in [6.07, 6.45) is 3.74. The molecule has 0 unspecified atom stereocenters. The fraction of sp³-hybridized carbons (Fsp3) is 0.308. The Balaban J connectivity index is 2.10. The van der Waals surface area contributed by atoms with Crippen LogP contribution in [0.3, 0.4) is 0 Å². The first-order chi connectivity index (χ1) is 7.74. The molecule has 3 rings (SSSR count). The first-order valence-corrected chi connectivity index (χ1v) is 6.37. The number of hydrogen-bond donors (Lipinski definition) is 1. The van der Waals surface area contributed by atoms with E-state index in [4.69, 9.17) is 0 Å². The summed E-state index contributed by atoms with van der Waals surface area (Å²) in [7, 11) is 0. The molecule has 0 saturated heterocycles. The largest absolute Gasteiger partial charge is 0.336 e. The highest BCUT2D eigenvalue weighted by molar-refractivity contribution is 9.10. The molecule has 1 heterocycles. The number of nitrogens with zero attached hydrogens (tertiary/aromatic N) is 1. The van der Waals surface area contributed by atoms with Crippen molar-refractivity contribution in [2.75, 3.05) is 0 Å². The molecule has 1 N–H and O–H groups in total. The quantitative estimate of drug-likeness (QED) is 0.847. The van der Waals surface area contributed by atoms with Gasteiger partial charge < -0.3 is 4.98 Å². The highest BCUT2D eigenvalue weighted by Crippen LogP contribution is 2.30. The zero-order valence-electron chi connectivity index (χ0n) is 9.18. The molecule has 0 spiro atoms. The van der Waals surface area contributed by atoms with Gasteiger partial charge in [-0.15, -0.1) is 0 Å². The Morgan fingerprint density at radius 2 is 2.06 bits per heavy atom. The van der Waals surface area contributed by atoms with E-state index in [2.05, 4.69) is 44.1 Å². The maximum atomic E-state index is 4.50. The van der Waals surface area contributed by atoms with Gasteiger partial charge in [-0.25, -0.2) is 4.98 Å². The normalized spacial score (nSPS) is 14.1. The topological polar surface area (TPSA) is 28.7 Å². The fourth-order valence-corrected chi connectivity index (χ4v) is 2.98. The summed E-state index contributed by atoms with van der Waals surface area (Å²) in [5.74, 6) is 0.947. The van der Waals surface area contributed by atoms with Crippen LogP contribution in [0.4, 0.5) is 0 Å². The average molecular weight is 277 g/mol. The van der Waals surface area contributed by atoms with Gasteiger partial charge in [0, 0.05) is 5.56 Å². The van der Waals surface area contributed by atoms with Gasteiger partial charge >= 0.3 is 0 Å². The molecular weight excluding hydrogens is 264 g/mol. The van der Waals surface area contributed by atoms with Crippen LogP contribution in [0.1, 0.15) is 23.4 Å². The first-order valence-electron chi connectivity index (χ1n) is 5.58. The minimum absolute atomic E-state index is 0.947. The van der Waals surface area contributed by atoms with Crippen LogP contribution in [0.25, 0.3) is 11.3 Å². The van der Waals surface area contributed by atoms with Crippen molar-refractivity contribution in [1.82, 2.24) is 9.97 Å². The Morgan fingerprint density at radius 3 is 2.81 bits per heavy atom. The summed E-state index contributed by atoms with van der Waals surface area (Å²) in [5, 5.41) is 0. The van der Waals surface area contributed by atoms with E-state index in [0.29, 0.717) is 0 Å². The molecule has 0 aliphatic heterocycles. The second-order valence-electron chi connectivity index (χ2n) is 4.32. The van der Waals surface area contributed by atoms with Crippen LogP contribution in [-0.2, 0) is 12.8 Å². The molecule has 3 heteroatoms. The number of hydrogen-bond acceptors (Lipinski definition) is 1. The van der Waals surface area contributed by atoms with Crippen molar-refractivity contribution >= 4 is 15.9 Å². The number of nitrogens with one attached hydrogen (secondary N) is 1. The smallest absolute Gasteiger partial charge is 0.110 e. The molecule has 1 aromatic carbocycles. The van der Waals surface area contributed by atoms with Crippen molar-refractivity contribution in [3.63, 3.8) is 0 Å². The number of imidazole rings is 1. The fourth-order valence-electron chi connectivity index (χ4n) is 2.37. The number of fused-ring (bicyclic) bond motifs is 1. The monoisotopic (exact) mass is 276 g/mol. The Labute approximate surface area is 103 Å². The zero-order valence-corrected chi connectivity index (χ0v) is 10.8. The number of rotatable bonds is 1. The molecule has 1 aliphatic rings. The standard InChI is InChI=1S/C13H13BrN2/c1-8-15-12(13(14)16-8)11-6-5-9-3-2-4-10(9)7-11/h5-7H,2-4H2,1H3,(H,15,16). The maximum Gasteiger partial charge on any atom is 0.110 e. The van der Waals surface area contributed by atoms with Crippen LogP contribution in [0.2, 0.25) is 0 Å². The third-order valence-corrected chi connectivity index (χ3v) is 3.72. The Kier molecular flexibility index (Phi) is 2.36. The van der Waals surface area contributed by atoms with Gasteiger partial charge in [0.1, 0.15) is 16.1 Å². The number of aryl methyl sites for hydroxylation is 3. The van der Waals surface area contributed by atoms with Crippen molar-refractivity contribution < 1.29 is 0 Å². The first kappa shape index (κ1) is 10.1. The molecule has 0 saturated carbocycles. The summed E-state index contributed by atoms with van der Waals surface area (Å²) in [5.41, 5.74) is 5.22. The minimum atomic E-state index is 0.947. The summed E-state index contributed by atoms with van der Waals surface area (Å²) >= 11 is 3.52. The van der Waals surface area contributed by atoms with E-state index in [9.17, 15) is 0 Å². The molecule has 1 aliphatic carbocycles. The van der Waals surface area contributed by atoms with Crippen LogP contribution in [-0.4, -0.2) is 9.97 Å².